The molecule has 0 atom stereocenters. The fraction of sp³-hybridized carbons (Fsp3) is 0.0526. The van der Waals surface area contributed by atoms with Crippen LogP contribution < -0.4 is 0 Å². The van der Waals surface area contributed by atoms with E-state index < -0.39 is 0 Å². The summed E-state index contributed by atoms with van der Waals surface area (Å²) in [6.07, 6.45) is 0. The molecular formula is C19H14O. The zero-order valence-corrected chi connectivity index (χ0v) is 10.8. The molecule has 3 aromatic carbocycles. The van der Waals surface area contributed by atoms with Crippen LogP contribution >= 0.6 is 0 Å². The van der Waals surface area contributed by atoms with Gasteiger partial charge in [-0.1, -0.05) is 60.5 Å². The molecule has 1 nitrogen and oxygen atoms in total. The Morgan fingerprint density at radius 2 is 1.75 bits per heavy atom. The van der Waals surface area contributed by atoms with Crippen LogP contribution in [-0.4, -0.2) is 0 Å². The Labute approximate surface area is 125 Å². The van der Waals surface area contributed by atoms with Crippen molar-refractivity contribution in [3.63, 3.8) is 0 Å². The predicted octanol–water partition coefficient (Wildman–Crippen LogP) is 5.56. The van der Waals surface area contributed by atoms with Crippen LogP contribution in [0.15, 0.2) is 71.0 Å². The average molecular weight is 264 g/mol. The van der Waals surface area contributed by atoms with Gasteiger partial charge in [-0.15, -0.1) is 0 Å². The molecule has 4 aromatic rings. The highest BCUT2D eigenvalue weighted by molar-refractivity contribution is 6.10. The molecule has 0 unspecified atom stereocenters. The summed E-state index contributed by atoms with van der Waals surface area (Å²) in [5.74, 6) is 0. The third-order valence-corrected chi connectivity index (χ3v) is 3.37. The minimum atomic E-state index is -0.237. The monoisotopic (exact) mass is 264 g/mol. The highest BCUT2D eigenvalue weighted by Gasteiger charge is 2.12. The van der Waals surface area contributed by atoms with Gasteiger partial charge in [-0.2, -0.15) is 0 Å². The summed E-state index contributed by atoms with van der Waals surface area (Å²) in [5.41, 5.74) is 1.86. The summed E-state index contributed by atoms with van der Waals surface area (Å²) in [7, 11) is 0. The lowest BCUT2D eigenvalue weighted by Crippen LogP contribution is -1.78. The van der Waals surface area contributed by atoms with Crippen LogP contribution in [0.2, 0.25) is 0 Å². The molecule has 0 aliphatic carbocycles. The average Bonchev–Trinajstić information content (AvgIpc) is 3.04. The summed E-state index contributed by atoms with van der Waals surface area (Å²) in [4.78, 5) is 0. The van der Waals surface area contributed by atoms with Crippen molar-refractivity contribution in [1.82, 2.24) is 0 Å². The lowest BCUT2D eigenvalue weighted by Gasteiger charge is -2.02. The molecule has 0 amide bonds. The van der Waals surface area contributed by atoms with E-state index in [4.69, 9.17) is 12.6 Å². The molecule has 0 bridgehead atoms. The summed E-state index contributed by atoms with van der Waals surface area (Å²) in [6.45, 7) is 1.65. The van der Waals surface area contributed by atoms with Gasteiger partial charge in [0, 0.05) is 16.3 Å². The van der Waals surface area contributed by atoms with Gasteiger partial charge in [0.2, 0.25) is 0 Å². The molecule has 96 valence electrons. The molecule has 0 saturated carbocycles. The van der Waals surface area contributed by atoms with Gasteiger partial charge in [-0.3, -0.25) is 0 Å². The van der Waals surface area contributed by atoms with Gasteiger partial charge >= 0.3 is 0 Å². The van der Waals surface area contributed by atoms with Crippen LogP contribution in [0.3, 0.4) is 0 Å². The molecule has 20 heavy (non-hydrogen) atoms. The van der Waals surface area contributed by atoms with Crippen LogP contribution in [0.25, 0.3) is 33.1 Å². The minimum Gasteiger partial charge on any atom is -0.455 e. The summed E-state index contributed by atoms with van der Waals surface area (Å²) >= 11 is 0. The van der Waals surface area contributed by atoms with Crippen LogP contribution in [0, 0.1) is 6.92 Å². The van der Waals surface area contributed by atoms with Crippen molar-refractivity contribution < 1.29 is 12.6 Å². The molecule has 0 radical (unpaired) electrons. The first-order valence-corrected chi connectivity index (χ1v) is 6.32. The van der Waals surface area contributed by atoms with Crippen molar-refractivity contribution >= 4 is 21.9 Å². The number of fused-ring (bicyclic) bond motifs is 3. The first kappa shape index (κ1) is 6.76. The van der Waals surface area contributed by atoms with E-state index in [0.29, 0.717) is 27.5 Å². The normalized spacial score (nSPS) is 15.4. The van der Waals surface area contributed by atoms with Crippen molar-refractivity contribution in [2.45, 2.75) is 6.92 Å². The third-order valence-electron chi connectivity index (χ3n) is 3.37. The molecule has 1 heteroatoms. The number of rotatable bonds is 1. The molecule has 0 fully saturated rings. The maximum atomic E-state index is 8.34. The molecule has 0 aliphatic rings. The van der Waals surface area contributed by atoms with E-state index in [1.807, 2.05) is 18.2 Å². The fourth-order valence-corrected chi connectivity index (χ4v) is 2.44. The molecule has 4 rings (SSSR count). The molecule has 1 aromatic heterocycles. The zero-order valence-electron chi connectivity index (χ0n) is 16.8. The van der Waals surface area contributed by atoms with Gasteiger partial charge in [0.1, 0.15) is 11.2 Å². The first-order chi connectivity index (χ1) is 12.3. The summed E-state index contributed by atoms with van der Waals surface area (Å²) < 4.78 is 54.9. The Morgan fingerprint density at radius 1 is 0.950 bits per heavy atom. The Morgan fingerprint density at radius 3 is 2.60 bits per heavy atom. The van der Waals surface area contributed by atoms with E-state index in [-0.39, 0.29) is 47.4 Å². The number of hydrogen-bond acceptors (Lipinski definition) is 1. The van der Waals surface area contributed by atoms with Gasteiger partial charge < -0.3 is 4.42 Å². The lowest BCUT2D eigenvalue weighted by atomic mass is 10.0. The molecule has 0 spiro atoms. The number of hydrogen-bond donors (Lipinski definition) is 0. The second-order valence-electron chi connectivity index (χ2n) is 4.63. The van der Waals surface area contributed by atoms with Gasteiger partial charge in [0.05, 0.1) is 8.22 Å². The van der Waals surface area contributed by atoms with Crippen molar-refractivity contribution in [3.05, 3.63) is 72.1 Å². The highest BCUT2D eigenvalue weighted by Crippen LogP contribution is 2.36. The van der Waals surface area contributed by atoms with Gasteiger partial charge in [0.15, 0.2) is 0 Å². The maximum Gasteiger partial charge on any atom is 0.143 e. The number of aryl methyl sites for hydroxylation is 1. The molecular weight excluding hydrogens is 244 g/mol. The standard InChI is InChI=1S/C19H14O/c1-13-7-5-12-17-18(13)16-11-6-10-15(19(16)20-17)14-8-3-2-4-9-14/h2-12H,1H3/i5D,6D,7D,10D,11D,12D. The fourth-order valence-electron chi connectivity index (χ4n) is 2.44. The third kappa shape index (κ3) is 1.56. The van der Waals surface area contributed by atoms with E-state index in [1.54, 1.807) is 19.1 Å². The lowest BCUT2D eigenvalue weighted by molar-refractivity contribution is 0.670. The smallest absolute Gasteiger partial charge is 0.143 e. The Hall–Kier alpha value is -2.54. The van der Waals surface area contributed by atoms with E-state index in [9.17, 15) is 0 Å². The predicted molar refractivity (Wildman–Crippen MR) is 83.9 cm³/mol. The van der Waals surface area contributed by atoms with Crippen LogP contribution in [-0.2, 0) is 0 Å². The van der Waals surface area contributed by atoms with E-state index in [2.05, 4.69) is 0 Å². The summed E-state index contributed by atoms with van der Waals surface area (Å²) in [6, 6.07) is 8.00. The molecule has 0 N–H and O–H groups in total. The number of benzene rings is 3. The largest absolute Gasteiger partial charge is 0.455 e. The quantitative estimate of drug-likeness (QED) is 0.438. The Kier molecular flexibility index (Phi) is 1.43. The number of furan rings is 1. The van der Waals surface area contributed by atoms with Crippen molar-refractivity contribution in [2.24, 2.45) is 0 Å². The molecule has 0 saturated heterocycles. The van der Waals surface area contributed by atoms with Gasteiger partial charge in [-0.05, 0) is 24.1 Å². The molecule has 0 aliphatic heterocycles. The number of para-hydroxylation sites is 1. The van der Waals surface area contributed by atoms with E-state index >= 15 is 0 Å². The molecule has 1 heterocycles. The summed E-state index contributed by atoms with van der Waals surface area (Å²) in [5, 5.41) is 0.723. The van der Waals surface area contributed by atoms with Gasteiger partial charge in [0.25, 0.3) is 0 Å². The SMILES string of the molecule is [2H]c1c([2H])c(C)c2c(oc3c(-c4ccccc4)c([2H])c([2H])c([2H])c32)c1[2H]. The van der Waals surface area contributed by atoms with Crippen LogP contribution in [0.4, 0.5) is 0 Å². The Balaban J connectivity index is 2.32. The van der Waals surface area contributed by atoms with Crippen LogP contribution in [0.5, 0.6) is 0 Å². The van der Waals surface area contributed by atoms with E-state index in [0.717, 1.165) is 0 Å². The van der Waals surface area contributed by atoms with E-state index in [1.165, 1.54) is 0 Å². The second kappa shape index (κ2) is 4.24. The Bertz CT molecular complexity index is 1190. The maximum absolute atomic E-state index is 8.34. The zero-order chi connectivity index (χ0) is 18.7. The minimum absolute atomic E-state index is 0.0904. The first-order valence-electron chi connectivity index (χ1n) is 9.32. The second-order valence-corrected chi connectivity index (χ2v) is 4.63. The van der Waals surface area contributed by atoms with Crippen molar-refractivity contribution in [3.8, 4) is 11.1 Å². The van der Waals surface area contributed by atoms with Gasteiger partial charge in [-0.25, -0.2) is 0 Å². The van der Waals surface area contributed by atoms with Crippen molar-refractivity contribution in [2.75, 3.05) is 0 Å². The van der Waals surface area contributed by atoms with Crippen molar-refractivity contribution in [1.29, 1.82) is 0 Å². The highest BCUT2D eigenvalue weighted by atomic mass is 16.3. The topological polar surface area (TPSA) is 13.1 Å². The van der Waals surface area contributed by atoms with Crippen LogP contribution in [0.1, 0.15) is 13.8 Å².